The fourth-order valence-electron chi connectivity index (χ4n) is 2.79. The molecule has 122 valence electrons. The lowest BCUT2D eigenvalue weighted by Crippen LogP contribution is -2.32. The Hall–Kier alpha value is -2.29. The van der Waals surface area contributed by atoms with Gasteiger partial charge in [-0.25, -0.2) is 4.68 Å². The second kappa shape index (κ2) is 5.73. The predicted molar refractivity (Wildman–Crippen MR) is 88.1 cm³/mol. The minimum Gasteiger partial charge on any atom is -0.366 e. The van der Waals surface area contributed by atoms with Crippen LogP contribution < -0.4 is 11.1 Å². The number of carbonyl (C=O) groups is 1. The molecule has 0 saturated heterocycles. The number of rotatable bonds is 4. The highest BCUT2D eigenvalue weighted by atomic mass is 32.2. The Labute approximate surface area is 138 Å². The van der Waals surface area contributed by atoms with E-state index in [1.807, 2.05) is 37.9 Å². The first-order chi connectivity index (χ1) is 11.0. The van der Waals surface area contributed by atoms with Gasteiger partial charge < -0.3 is 11.1 Å². The molecule has 9 heteroatoms. The van der Waals surface area contributed by atoms with Crippen LogP contribution >= 0.6 is 11.8 Å². The Bertz CT molecular complexity index is 804. The molecule has 8 nitrogen and oxygen atoms in total. The van der Waals surface area contributed by atoms with Gasteiger partial charge in [0.05, 0.1) is 11.3 Å². The lowest BCUT2D eigenvalue weighted by atomic mass is 9.96. The Kier molecular flexibility index (Phi) is 3.88. The molecule has 1 atom stereocenters. The fourth-order valence-corrected chi connectivity index (χ4v) is 3.14. The highest BCUT2D eigenvalue weighted by Crippen LogP contribution is 2.36. The molecular formula is C14H19N7OS. The molecule has 3 heterocycles. The number of hydrogen-bond acceptors (Lipinski definition) is 6. The van der Waals surface area contributed by atoms with Crippen LogP contribution in [0.2, 0.25) is 0 Å². The van der Waals surface area contributed by atoms with E-state index in [0.717, 1.165) is 17.8 Å². The molecule has 0 fully saturated rings. The number of nitrogens with two attached hydrogens (primary N) is 1. The second-order valence-electron chi connectivity index (χ2n) is 5.32. The van der Waals surface area contributed by atoms with E-state index >= 15 is 0 Å². The van der Waals surface area contributed by atoms with Crippen molar-refractivity contribution >= 4 is 23.6 Å². The third kappa shape index (κ3) is 2.50. The largest absolute Gasteiger partial charge is 0.366 e. The molecule has 0 aromatic carbocycles. The quantitative estimate of drug-likeness (QED) is 0.817. The summed E-state index contributed by atoms with van der Waals surface area (Å²) in [7, 11) is 0. The first-order valence-electron chi connectivity index (χ1n) is 7.28. The summed E-state index contributed by atoms with van der Waals surface area (Å²) in [5.74, 6) is 0.126. The third-order valence-electron chi connectivity index (χ3n) is 3.88. The Morgan fingerprint density at radius 3 is 2.74 bits per heavy atom. The molecule has 3 rings (SSSR count). The Balaban J connectivity index is 2.22. The number of amides is 1. The van der Waals surface area contributed by atoms with Crippen LogP contribution in [-0.2, 0) is 11.3 Å². The number of allylic oxidation sites excluding steroid dienone is 1. The predicted octanol–water partition coefficient (Wildman–Crippen LogP) is 1.30. The summed E-state index contributed by atoms with van der Waals surface area (Å²) in [4.78, 5) is 16.5. The monoisotopic (exact) mass is 333 g/mol. The number of hydrogen-bond donors (Lipinski definition) is 2. The highest BCUT2D eigenvalue weighted by Gasteiger charge is 2.35. The van der Waals surface area contributed by atoms with Gasteiger partial charge in [0.15, 0.2) is 0 Å². The molecule has 0 spiro atoms. The second-order valence-corrected chi connectivity index (χ2v) is 6.10. The van der Waals surface area contributed by atoms with E-state index in [2.05, 4.69) is 20.5 Å². The zero-order valence-corrected chi connectivity index (χ0v) is 14.3. The molecule has 1 amide bonds. The summed E-state index contributed by atoms with van der Waals surface area (Å²) >= 11 is 1.45. The molecule has 0 radical (unpaired) electrons. The van der Waals surface area contributed by atoms with Crippen molar-refractivity contribution in [1.82, 2.24) is 24.5 Å². The van der Waals surface area contributed by atoms with Crippen LogP contribution in [-0.4, -0.2) is 36.7 Å². The van der Waals surface area contributed by atoms with Crippen molar-refractivity contribution in [3.63, 3.8) is 0 Å². The number of nitrogens with one attached hydrogen (secondary N) is 1. The zero-order valence-electron chi connectivity index (χ0n) is 13.5. The van der Waals surface area contributed by atoms with Crippen LogP contribution in [0.3, 0.4) is 0 Å². The van der Waals surface area contributed by atoms with E-state index in [-0.39, 0.29) is 0 Å². The third-order valence-corrected chi connectivity index (χ3v) is 4.42. The molecule has 2 aromatic rings. The minimum atomic E-state index is -0.476. The Morgan fingerprint density at radius 2 is 2.17 bits per heavy atom. The van der Waals surface area contributed by atoms with Crippen molar-refractivity contribution in [3.05, 3.63) is 28.7 Å². The highest BCUT2D eigenvalue weighted by molar-refractivity contribution is 7.98. The van der Waals surface area contributed by atoms with Gasteiger partial charge in [-0.3, -0.25) is 9.48 Å². The average molecular weight is 333 g/mol. The minimum absolute atomic E-state index is 0.419. The van der Waals surface area contributed by atoms with Crippen molar-refractivity contribution in [2.75, 3.05) is 11.6 Å². The van der Waals surface area contributed by atoms with Gasteiger partial charge in [0.2, 0.25) is 17.0 Å². The van der Waals surface area contributed by atoms with Crippen molar-refractivity contribution in [1.29, 1.82) is 0 Å². The van der Waals surface area contributed by atoms with Crippen LogP contribution in [0.15, 0.2) is 22.6 Å². The summed E-state index contributed by atoms with van der Waals surface area (Å²) in [6, 6.07) is -0.419. The van der Waals surface area contributed by atoms with Gasteiger partial charge in [0, 0.05) is 24.0 Å². The van der Waals surface area contributed by atoms with Gasteiger partial charge in [0.25, 0.3) is 0 Å². The molecule has 0 saturated carbocycles. The fraction of sp³-hybridized carbons (Fsp3) is 0.429. The summed E-state index contributed by atoms with van der Waals surface area (Å²) in [5.41, 5.74) is 8.56. The summed E-state index contributed by atoms with van der Waals surface area (Å²) in [5, 5.41) is 12.7. The zero-order chi connectivity index (χ0) is 16.7. The lowest BCUT2D eigenvalue weighted by molar-refractivity contribution is -0.115. The molecule has 23 heavy (non-hydrogen) atoms. The molecule has 3 N–H and O–H groups in total. The number of carbonyl (C=O) groups excluding carboxylic acids is 1. The van der Waals surface area contributed by atoms with E-state index in [0.29, 0.717) is 22.4 Å². The van der Waals surface area contributed by atoms with E-state index in [1.54, 1.807) is 4.68 Å². The number of aromatic nitrogens is 5. The normalized spacial score (nSPS) is 17.1. The molecule has 1 aliphatic rings. The van der Waals surface area contributed by atoms with Gasteiger partial charge in [0.1, 0.15) is 6.04 Å². The summed E-state index contributed by atoms with van der Waals surface area (Å²) in [6.45, 7) is 6.51. The van der Waals surface area contributed by atoms with Crippen molar-refractivity contribution in [3.8, 4) is 0 Å². The van der Waals surface area contributed by atoms with Crippen molar-refractivity contribution < 1.29 is 4.79 Å². The maximum atomic E-state index is 12.1. The molecule has 0 aliphatic carbocycles. The first-order valence-corrected chi connectivity index (χ1v) is 8.50. The van der Waals surface area contributed by atoms with E-state index in [9.17, 15) is 4.79 Å². The molecular weight excluding hydrogens is 314 g/mol. The number of anilines is 1. The van der Waals surface area contributed by atoms with Crippen molar-refractivity contribution in [2.24, 2.45) is 5.73 Å². The van der Waals surface area contributed by atoms with E-state index < -0.39 is 11.9 Å². The summed E-state index contributed by atoms with van der Waals surface area (Å²) in [6.07, 6.45) is 3.84. The number of primary amides is 1. The number of nitrogens with zero attached hydrogens (tertiary/aromatic N) is 5. The number of thioether (sulfide) groups is 1. The van der Waals surface area contributed by atoms with Gasteiger partial charge in [-0.15, -0.1) is 5.10 Å². The van der Waals surface area contributed by atoms with E-state index in [4.69, 9.17) is 5.73 Å². The van der Waals surface area contributed by atoms with Gasteiger partial charge in [-0.2, -0.15) is 10.1 Å². The maximum absolute atomic E-state index is 12.1. The number of fused-ring (bicyclic) bond motifs is 1. The molecule has 0 bridgehead atoms. The number of aryl methyl sites for hydroxylation is 2. The SMILES string of the molecule is CCn1cc([C@@H]2C(C(N)=O)=C(C)Nc3nc(SC)nn32)c(C)n1. The van der Waals surface area contributed by atoms with Crippen LogP contribution in [0, 0.1) is 6.92 Å². The molecule has 2 aromatic heterocycles. The van der Waals surface area contributed by atoms with Gasteiger partial charge in [-0.1, -0.05) is 11.8 Å². The van der Waals surface area contributed by atoms with Crippen LogP contribution in [0.1, 0.15) is 31.1 Å². The molecule has 1 aliphatic heterocycles. The van der Waals surface area contributed by atoms with Crippen LogP contribution in [0.4, 0.5) is 5.95 Å². The maximum Gasteiger partial charge on any atom is 0.248 e. The standard InChI is InChI=1S/C14H19N7OS/c1-5-20-6-9(7(2)18-20)11-10(12(15)22)8(3)16-13-17-14(23-4)19-21(11)13/h6,11H,5H2,1-4H3,(H2,15,22)(H,16,17,19)/t11-/m1/s1. The first kappa shape index (κ1) is 15.6. The van der Waals surface area contributed by atoms with Crippen LogP contribution in [0.5, 0.6) is 0 Å². The van der Waals surface area contributed by atoms with E-state index in [1.165, 1.54) is 11.8 Å². The Morgan fingerprint density at radius 1 is 1.43 bits per heavy atom. The smallest absolute Gasteiger partial charge is 0.248 e. The van der Waals surface area contributed by atoms with Crippen LogP contribution in [0.25, 0.3) is 0 Å². The van der Waals surface area contributed by atoms with Gasteiger partial charge in [-0.05, 0) is 27.0 Å². The topological polar surface area (TPSA) is 104 Å². The summed E-state index contributed by atoms with van der Waals surface area (Å²) < 4.78 is 3.55. The van der Waals surface area contributed by atoms with Crippen molar-refractivity contribution in [2.45, 2.75) is 38.5 Å². The average Bonchev–Trinajstić information content (AvgIpc) is 3.08. The molecule has 0 unspecified atom stereocenters. The van der Waals surface area contributed by atoms with Gasteiger partial charge >= 0.3 is 0 Å². The lowest BCUT2D eigenvalue weighted by Gasteiger charge is -2.27.